The maximum absolute atomic E-state index is 11.6. The molecule has 0 radical (unpaired) electrons. The normalized spacial score (nSPS) is 24.4. The molecule has 0 saturated carbocycles. The van der Waals surface area contributed by atoms with Gasteiger partial charge in [-0.05, 0) is 18.4 Å². The minimum Gasteiger partial charge on any atom is -0.466 e. The number of methoxy groups -OCH3 is 1. The van der Waals surface area contributed by atoms with Crippen molar-refractivity contribution < 1.29 is 14.6 Å². The molecule has 0 saturated heterocycles. The third kappa shape index (κ3) is 2.61. The van der Waals surface area contributed by atoms with Gasteiger partial charge in [0.05, 0.1) is 13.7 Å². The first-order chi connectivity index (χ1) is 7.56. The number of aliphatic hydroxyl groups excluding tert-OH is 1. The molecule has 0 spiro atoms. The van der Waals surface area contributed by atoms with Crippen molar-refractivity contribution in [2.75, 3.05) is 13.7 Å². The second kappa shape index (κ2) is 5.12. The number of rotatable bonds is 4. The van der Waals surface area contributed by atoms with Crippen LogP contribution in [0.2, 0.25) is 0 Å². The average Bonchev–Trinajstić information content (AvgIpc) is 2.31. The molecule has 16 heavy (non-hydrogen) atoms. The highest BCUT2D eigenvalue weighted by atomic mass is 16.5. The molecular formula is C13H18O3. The zero-order chi connectivity index (χ0) is 12.2. The van der Waals surface area contributed by atoms with Gasteiger partial charge in [0.25, 0.3) is 0 Å². The lowest BCUT2D eigenvalue weighted by Gasteiger charge is -2.28. The van der Waals surface area contributed by atoms with E-state index in [2.05, 4.69) is 6.58 Å². The van der Waals surface area contributed by atoms with Crippen LogP contribution in [0, 0.1) is 5.41 Å². The largest absolute Gasteiger partial charge is 0.466 e. The maximum Gasteiger partial charge on any atom is 0.334 e. The maximum atomic E-state index is 11.6. The first kappa shape index (κ1) is 12.7. The monoisotopic (exact) mass is 222 g/mol. The molecule has 3 nitrogen and oxygen atoms in total. The van der Waals surface area contributed by atoms with E-state index in [4.69, 9.17) is 4.74 Å². The van der Waals surface area contributed by atoms with Crippen LogP contribution >= 0.6 is 0 Å². The highest BCUT2D eigenvalue weighted by Gasteiger charge is 2.29. The molecule has 1 N–H and O–H groups in total. The summed E-state index contributed by atoms with van der Waals surface area (Å²) in [7, 11) is 1.37. The Morgan fingerprint density at radius 3 is 2.94 bits per heavy atom. The molecule has 1 unspecified atom stereocenters. The Balaban J connectivity index is 3.04. The molecule has 1 aliphatic rings. The van der Waals surface area contributed by atoms with Gasteiger partial charge in [0.1, 0.15) is 0 Å². The molecule has 1 atom stereocenters. The van der Waals surface area contributed by atoms with E-state index in [1.807, 2.05) is 19.1 Å². The van der Waals surface area contributed by atoms with Gasteiger partial charge in [-0.2, -0.15) is 0 Å². The summed E-state index contributed by atoms with van der Waals surface area (Å²) in [6.45, 7) is 5.59. The molecule has 88 valence electrons. The van der Waals surface area contributed by atoms with Crippen LogP contribution < -0.4 is 0 Å². The van der Waals surface area contributed by atoms with Crippen molar-refractivity contribution >= 4 is 5.97 Å². The summed E-state index contributed by atoms with van der Waals surface area (Å²) in [6.07, 6.45) is 6.73. The van der Waals surface area contributed by atoms with Gasteiger partial charge in [-0.1, -0.05) is 25.2 Å². The van der Waals surface area contributed by atoms with Crippen LogP contribution in [0.25, 0.3) is 0 Å². The predicted molar refractivity (Wildman–Crippen MR) is 62.8 cm³/mol. The molecule has 0 fully saturated rings. The van der Waals surface area contributed by atoms with Gasteiger partial charge in [0.2, 0.25) is 0 Å². The second-order valence-electron chi connectivity index (χ2n) is 4.31. The summed E-state index contributed by atoms with van der Waals surface area (Å²) in [5.74, 6) is -0.319. The molecule has 0 aliphatic heterocycles. The zero-order valence-electron chi connectivity index (χ0n) is 9.82. The van der Waals surface area contributed by atoms with E-state index in [-0.39, 0.29) is 18.0 Å². The minimum absolute atomic E-state index is 0.0192. The topological polar surface area (TPSA) is 46.5 Å². The summed E-state index contributed by atoms with van der Waals surface area (Å²) in [5.41, 5.74) is 1.20. The van der Waals surface area contributed by atoms with Crippen molar-refractivity contribution in [2.24, 2.45) is 5.41 Å². The Bertz CT molecular complexity index is 352. The highest BCUT2D eigenvalue weighted by molar-refractivity contribution is 5.90. The zero-order valence-corrected chi connectivity index (χ0v) is 9.82. The molecule has 1 rings (SSSR count). The standard InChI is InChI=1S/C13H18O3/c1-4-5-10-6-7-13(2,9-14)8-11(10)12(15)16-3/h4,6-7,14H,1,5,8-9H2,2-3H3. The van der Waals surface area contributed by atoms with E-state index < -0.39 is 0 Å². The van der Waals surface area contributed by atoms with E-state index in [0.717, 1.165) is 5.57 Å². The molecule has 0 aromatic heterocycles. The quantitative estimate of drug-likeness (QED) is 0.584. The van der Waals surface area contributed by atoms with Gasteiger partial charge in [-0.3, -0.25) is 0 Å². The van der Waals surface area contributed by atoms with Gasteiger partial charge in [-0.25, -0.2) is 4.79 Å². The fourth-order valence-electron chi connectivity index (χ4n) is 1.76. The number of carbonyl (C=O) groups excluding carboxylic acids is 1. The Morgan fingerprint density at radius 1 is 1.75 bits per heavy atom. The summed E-state index contributed by atoms with van der Waals surface area (Å²) >= 11 is 0. The molecular weight excluding hydrogens is 204 g/mol. The van der Waals surface area contributed by atoms with E-state index in [1.165, 1.54) is 7.11 Å². The van der Waals surface area contributed by atoms with Crippen molar-refractivity contribution in [3.63, 3.8) is 0 Å². The lowest BCUT2D eigenvalue weighted by Crippen LogP contribution is -2.25. The summed E-state index contributed by atoms with van der Waals surface area (Å²) < 4.78 is 4.76. The van der Waals surface area contributed by atoms with Gasteiger partial charge in [0.15, 0.2) is 0 Å². The van der Waals surface area contributed by atoms with Gasteiger partial charge in [-0.15, -0.1) is 6.58 Å². The van der Waals surface area contributed by atoms with Crippen LogP contribution in [0.1, 0.15) is 19.8 Å². The van der Waals surface area contributed by atoms with Crippen LogP contribution in [0.5, 0.6) is 0 Å². The third-order valence-corrected chi connectivity index (χ3v) is 2.81. The first-order valence-corrected chi connectivity index (χ1v) is 5.27. The minimum atomic E-state index is -0.367. The number of ether oxygens (including phenoxy) is 1. The van der Waals surface area contributed by atoms with E-state index >= 15 is 0 Å². The molecule has 0 aromatic rings. The van der Waals surface area contributed by atoms with Gasteiger partial charge >= 0.3 is 5.97 Å². The lowest BCUT2D eigenvalue weighted by atomic mass is 9.78. The number of aliphatic hydroxyl groups is 1. The highest BCUT2D eigenvalue weighted by Crippen LogP contribution is 2.35. The van der Waals surface area contributed by atoms with Crippen molar-refractivity contribution in [1.82, 2.24) is 0 Å². The second-order valence-corrected chi connectivity index (χ2v) is 4.31. The van der Waals surface area contributed by atoms with Crippen molar-refractivity contribution in [2.45, 2.75) is 19.8 Å². The van der Waals surface area contributed by atoms with Crippen molar-refractivity contribution in [3.8, 4) is 0 Å². The van der Waals surface area contributed by atoms with E-state index in [0.29, 0.717) is 18.4 Å². The summed E-state index contributed by atoms with van der Waals surface area (Å²) in [4.78, 5) is 11.6. The van der Waals surface area contributed by atoms with E-state index in [9.17, 15) is 9.90 Å². The number of hydrogen-bond donors (Lipinski definition) is 1. The number of hydrogen-bond acceptors (Lipinski definition) is 3. The SMILES string of the molecule is C=CCC1=C(C(=O)OC)CC(C)(CO)C=C1. The molecule has 0 bridgehead atoms. The Kier molecular flexibility index (Phi) is 4.07. The van der Waals surface area contributed by atoms with Crippen LogP contribution in [0.15, 0.2) is 36.0 Å². The first-order valence-electron chi connectivity index (χ1n) is 5.27. The smallest absolute Gasteiger partial charge is 0.334 e. The van der Waals surface area contributed by atoms with Crippen LogP contribution in [-0.2, 0) is 9.53 Å². The molecule has 0 heterocycles. The van der Waals surface area contributed by atoms with Gasteiger partial charge in [0, 0.05) is 11.0 Å². The fraction of sp³-hybridized carbons (Fsp3) is 0.462. The Labute approximate surface area is 96.1 Å². The predicted octanol–water partition coefficient (Wildman–Crippen LogP) is 1.99. The average molecular weight is 222 g/mol. The van der Waals surface area contributed by atoms with Crippen molar-refractivity contribution in [1.29, 1.82) is 0 Å². The fourth-order valence-corrected chi connectivity index (χ4v) is 1.76. The number of carbonyl (C=O) groups is 1. The lowest BCUT2D eigenvalue weighted by molar-refractivity contribution is -0.136. The number of esters is 1. The Hall–Kier alpha value is -1.35. The molecule has 0 amide bonds. The van der Waals surface area contributed by atoms with Crippen LogP contribution in [0.3, 0.4) is 0 Å². The molecule has 0 aromatic carbocycles. The third-order valence-electron chi connectivity index (χ3n) is 2.81. The molecule has 3 heteroatoms. The molecule has 1 aliphatic carbocycles. The number of allylic oxidation sites excluding steroid dienone is 3. The summed E-state index contributed by atoms with van der Waals surface area (Å²) in [5, 5.41) is 9.29. The summed E-state index contributed by atoms with van der Waals surface area (Å²) in [6, 6.07) is 0. The van der Waals surface area contributed by atoms with Crippen LogP contribution in [-0.4, -0.2) is 24.8 Å². The Morgan fingerprint density at radius 2 is 2.44 bits per heavy atom. The van der Waals surface area contributed by atoms with Crippen molar-refractivity contribution in [3.05, 3.63) is 36.0 Å². The van der Waals surface area contributed by atoms with Crippen LogP contribution in [0.4, 0.5) is 0 Å². The van der Waals surface area contributed by atoms with Gasteiger partial charge < -0.3 is 9.84 Å². The van der Waals surface area contributed by atoms with E-state index in [1.54, 1.807) is 6.08 Å².